The lowest BCUT2D eigenvalue weighted by molar-refractivity contribution is -0.129. The molecule has 0 rings (SSSR count). The van der Waals surface area contributed by atoms with Crippen LogP contribution < -0.4 is 0 Å². The van der Waals surface area contributed by atoms with Crippen molar-refractivity contribution >= 4 is 0 Å². The number of aliphatic hydroxyl groups excluding tert-OH is 3. The third-order valence-electron chi connectivity index (χ3n) is 10.2. The van der Waals surface area contributed by atoms with Crippen molar-refractivity contribution in [3.63, 3.8) is 0 Å². The molecule has 0 aromatic carbocycles. The number of rotatable bonds is 43. The third kappa shape index (κ3) is 30.2. The fraction of sp³-hybridized carbons (Fsp3) is 1.00. The lowest BCUT2D eigenvalue weighted by Crippen LogP contribution is -2.45. The number of ether oxygens (including phenoxy) is 4. The molecule has 0 unspecified atom stereocenters. The zero-order valence-electron chi connectivity index (χ0n) is 33.8. The maximum absolute atomic E-state index is 9.88. The molecule has 50 heavy (non-hydrogen) atoms. The van der Waals surface area contributed by atoms with Crippen molar-refractivity contribution < 1.29 is 34.3 Å². The van der Waals surface area contributed by atoms with Gasteiger partial charge in [0.05, 0.1) is 63.7 Å². The van der Waals surface area contributed by atoms with Crippen LogP contribution in [0.3, 0.4) is 0 Å². The van der Waals surface area contributed by atoms with Crippen LogP contribution in [0, 0.1) is 10.8 Å². The van der Waals surface area contributed by atoms with Crippen molar-refractivity contribution in [1.82, 2.24) is 0 Å². The molecule has 0 aliphatic carbocycles. The van der Waals surface area contributed by atoms with Crippen LogP contribution in [-0.4, -0.2) is 88.0 Å². The van der Waals surface area contributed by atoms with Gasteiger partial charge in [-0.3, -0.25) is 0 Å². The molecule has 0 fully saturated rings. The van der Waals surface area contributed by atoms with Gasteiger partial charge in [-0.1, -0.05) is 175 Å². The van der Waals surface area contributed by atoms with Crippen LogP contribution in [0.25, 0.3) is 0 Å². The van der Waals surface area contributed by atoms with E-state index < -0.39 is 10.8 Å². The summed E-state index contributed by atoms with van der Waals surface area (Å²) < 4.78 is 25.2. The number of aliphatic hydroxyl groups is 3. The van der Waals surface area contributed by atoms with Gasteiger partial charge in [0, 0.05) is 19.8 Å². The van der Waals surface area contributed by atoms with Gasteiger partial charge in [0.15, 0.2) is 0 Å². The SMILES string of the molecule is CCCCCCCCCCCOCC(COCCCCCCCCCCC)(COCCCCCCCCCCC)COCC(CO)(CO)CO. The first-order chi connectivity index (χ1) is 24.6. The van der Waals surface area contributed by atoms with Gasteiger partial charge in [-0.05, 0) is 19.3 Å². The summed E-state index contributed by atoms with van der Waals surface area (Å²) in [6, 6.07) is 0. The average Bonchev–Trinajstić information content (AvgIpc) is 3.13. The van der Waals surface area contributed by atoms with E-state index in [4.69, 9.17) is 18.9 Å². The highest BCUT2D eigenvalue weighted by Crippen LogP contribution is 2.24. The van der Waals surface area contributed by atoms with Gasteiger partial charge in [0.1, 0.15) is 0 Å². The summed E-state index contributed by atoms with van der Waals surface area (Å²) in [5.41, 5.74) is -1.57. The monoisotopic (exact) mass is 717 g/mol. The minimum atomic E-state index is -1.07. The molecule has 7 nitrogen and oxygen atoms in total. The summed E-state index contributed by atoms with van der Waals surface area (Å²) in [4.78, 5) is 0. The summed E-state index contributed by atoms with van der Waals surface area (Å²) >= 11 is 0. The van der Waals surface area contributed by atoms with E-state index in [1.807, 2.05) is 0 Å². The average molecular weight is 717 g/mol. The summed E-state index contributed by atoms with van der Waals surface area (Å²) in [5.74, 6) is 0. The first-order valence-electron chi connectivity index (χ1n) is 21.7. The molecule has 0 spiro atoms. The molecule has 3 N–H and O–H groups in total. The van der Waals surface area contributed by atoms with E-state index in [1.54, 1.807) is 0 Å². The van der Waals surface area contributed by atoms with E-state index in [1.165, 1.54) is 154 Å². The molecular formula is C43H88O7. The van der Waals surface area contributed by atoms with Crippen molar-refractivity contribution in [2.75, 3.05) is 72.7 Å². The summed E-state index contributed by atoms with van der Waals surface area (Å²) in [6.07, 6.45) is 34.5. The Morgan fingerprint density at radius 2 is 0.500 bits per heavy atom. The van der Waals surface area contributed by atoms with Gasteiger partial charge in [-0.15, -0.1) is 0 Å². The van der Waals surface area contributed by atoms with E-state index in [0.29, 0.717) is 46.2 Å². The van der Waals surface area contributed by atoms with Gasteiger partial charge >= 0.3 is 0 Å². The number of unbranched alkanes of at least 4 members (excludes halogenated alkanes) is 24. The summed E-state index contributed by atoms with van der Waals surface area (Å²) in [7, 11) is 0. The highest BCUT2D eigenvalue weighted by atomic mass is 16.5. The predicted octanol–water partition coefficient (Wildman–Crippen LogP) is 10.6. The van der Waals surface area contributed by atoms with Crippen LogP contribution in [0.5, 0.6) is 0 Å². The highest BCUT2D eigenvalue weighted by molar-refractivity contribution is 4.82. The topological polar surface area (TPSA) is 97.6 Å². The second-order valence-corrected chi connectivity index (χ2v) is 15.6. The Balaban J connectivity index is 5.04. The maximum Gasteiger partial charge on any atom is 0.0637 e. The first-order valence-corrected chi connectivity index (χ1v) is 21.7. The molecule has 0 saturated heterocycles. The predicted molar refractivity (Wildman–Crippen MR) is 211 cm³/mol. The molecule has 0 aliphatic heterocycles. The molecule has 0 atom stereocenters. The van der Waals surface area contributed by atoms with Crippen LogP contribution in [0.1, 0.15) is 194 Å². The van der Waals surface area contributed by atoms with Crippen molar-refractivity contribution in [3.05, 3.63) is 0 Å². The lowest BCUT2D eigenvalue weighted by atomic mass is 9.90. The number of hydrogen-bond donors (Lipinski definition) is 3. The van der Waals surface area contributed by atoms with E-state index in [0.717, 1.165) is 19.3 Å². The van der Waals surface area contributed by atoms with Crippen molar-refractivity contribution in [1.29, 1.82) is 0 Å². The minimum Gasteiger partial charge on any atom is -0.396 e. The van der Waals surface area contributed by atoms with Crippen LogP contribution >= 0.6 is 0 Å². The largest absolute Gasteiger partial charge is 0.396 e. The first kappa shape index (κ1) is 49.7. The van der Waals surface area contributed by atoms with Crippen molar-refractivity contribution in [3.8, 4) is 0 Å². The molecule has 0 heterocycles. The fourth-order valence-electron chi connectivity index (χ4n) is 6.43. The molecule has 302 valence electrons. The van der Waals surface area contributed by atoms with Gasteiger partial charge in [0.25, 0.3) is 0 Å². The standard InChI is InChI=1S/C43H88O7/c1-4-7-10-13-16-19-22-25-28-31-47-38-43(41-50-37-42(34-44,35-45)36-46,39-48-32-29-26-23-20-17-14-11-8-5-2)40-49-33-30-27-24-21-18-15-12-9-6-3/h44-46H,4-41H2,1-3H3. The second-order valence-electron chi connectivity index (χ2n) is 15.6. The minimum absolute atomic E-state index is 0.0625. The Hall–Kier alpha value is -0.280. The summed E-state index contributed by atoms with van der Waals surface area (Å²) in [5, 5.41) is 29.6. The van der Waals surface area contributed by atoms with Gasteiger partial charge in [-0.2, -0.15) is 0 Å². The van der Waals surface area contributed by atoms with Crippen LogP contribution in [-0.2, 0) is 18.9 Å². The molecule has 0 aromatic rings. The zero-order chi connectivity index (χ0) is 36.7. The normalized spacial score (nSPS) is 12.4. The Bertz CT molecular complexity index is 570. The molecule has 0 bridgehead atoms. The van der Waals surface area contributed by atoms with Gasteiger partial charge < -0.3 is 34.3 Å². The van der Waals surface area contributed by atoms with E-state index in [2.05, 4.69) is 20.8 Å². The van der Waals surface area contributed by atoms with E-state index in [9.17, 15) is 15.3 Å². The number of hydrogen-bond acceptors (Lipinski definition) is 7. The van der Waals surface area contributed by atoms with Crippen LogP contribution in [0.2, 0.25) is 0 Å². The quantitative estimate of drug-likeness (QED) is 0.0540. The fourth-order valence-corrected chi connectivity index (χ4v) is 6.43. The van der Waals surface area contributed by atoms with E-state index in [-0.39, 0.29) is 26.4 Å². The highest BCUT2D eigenvalue weighted by Gasteiger charge is 2.35. The Labute approximate surface area is 311 Å². The van der Waals surface area contributed by atoms with Gasteiger partial charge in [-0.25, -0.2) is 0 Å². The second kappa shape index (κ2) is 38.4. The van der Waals surface area contributed by atoms with Gasteiger partial charge in [0.2, 0.25) is 0 Å². The Kier molecular flexibility index (Phi) is 38.2. The molecule has 0 amide bonds. The van der Waals surface area contributed by atoms with Crippen LogP contribution in [0.4, 0.5) is 0 Å². The molecule has 0 saturated carbocycles. The molecule has 0 aromatic heterocycles. The maximum atomic E-state index is 9.88. The third-order valence-corrected chi connectivity index (χ3v) is 10.2. The molecular weight excluding hydrogens is 628 g/mol. The van der Waals surface area contributed by atoms with Crippen molar-refractivity contribution in [2.24, 2.45) is 10.8 Å². The summed E-state index contributed by atoms with van der Waals surface area (Å²) in [6.45, 7) is 9.72. The van der Waals surface area contributed by atoms with E-state index >= 15 is 0 Å². The lowest BCUT2D eigenvalue weighted by Gasteiger charge is -2.35. The van der Waals surface area contributed by atoms with Crippen LogP contribution in [0.15, 0.2) is 0 Å². The Morgan fingerprint density at radius 1 is 0.280 bits per heavy atom. The smallest absolute Gasteiger partial charge is 0.0637 e. The molecule has 0 radical (unpaired) electrons. The Morgan fingerprint density at radius 3 is 0.760 bits per heavy atom. The molecule has 7 heteroatoms. The molecule has 0 aliphatic rings. The zero-order valence-corrected chi connectivity index (χ0v) is 33.8. The van der Waals surface area contributed by atoms with Crippen molar-refractivity contribution in [2.45, 2.75) is 194 Å².